The molecule has 3 rings (SSSR count). The van der Waals surface area contributed by atoms with Crippen LogP contribution in [-0.4, -0.2) is 32.8 Å². The van der Waals surface area contributed by atoms with E-state index in [0.717, 1.165) is 28.0 Å². The third-order valence-corrected chi connectivity index (χ3v) is 5.24. The maximum atomic E-state index is 12.9. The van der Waals surface area contributed by atoms with Crippen LogP contribution >= 0.6 is 0 Å². The van der Waals surface area contributed by atoms with Crippen molar-refractivity contribution < 1.29 is 18.7 Å². The van der Waals surface area contributed by atoms with E-state index < -0.39 is 5.41 Å². The van der Waals surface area contributed by atoms with E-state index in [-0.39, 0.29) is 11.9 Å². The molecule has 1 unspecified atom stereocenters. The van der Waals surface area contributed by atoms with Crippen LogP contribution in [0.25, 0.3) is 11.0 Å². The average Bonchev–Trinajstić information content (AvgIpc) is 2.98. The van der Waals surface area contributed by atoms with Crippen molar-refractivity contribution in [2.45, 2.75) is 32.7 Å². The molecule has 1 aliphatic rings. The largest absolute Gasteiger partial charge is 0.497 e. The fourth-order valence-corrected chi connectivity index (χ4v) is 3.46. The molecule has 1 fully saturated rings. The Morgan fingerprint density at radius 3 is 2.76 bits per heavy atom. The molecule has 1 aliphatic heterocycles. The van der Waals surface area contributed by atoms with Crippen LogP contribution in [-0.2, 0) is 9.53 Å². The highest BCUT2D eigenvalue weighted by atomic mass is 16.5. The first-order valence-electron chi connectivity index (χ1n) is 8.66. The normalized spacial score (nSPS) is 18.1. The number of hydrogen-bond acceptors (Lipinski definition) is 5. The van der Waals surface area contributed by atoms with E-state index in [2.05, 4.69) is 5.32 Å². The van der Waals surface area contributed by atoms with E-state index in [1.165, 1.54) is 0 Å². The maximum Gasteiger partial charge on any atom is 0.228 e. The SMILES string of the molecule is COc1ccc2oc(C(C)NC(=O)C3(CN)CCOCC3)c(C)c2c1. The molecular formula is C19H26N2O4. The lowest BCUT2D eigenvalue weighted by atomic mass is 9.79. The van der Waals surface area contributed by atoms with E-state index in [4.69, 9.17) is 19.6 Å². The summed E-state index contributed by atoms with van der Waals surface area (Å²) in [4.78, 5) is 12.9. The van der Waals surface area contributed by atoms with E-state index in [0.29, 0.717) is 32.6 Å². The Morgan fingerprint density at radius 1 is 1.40 bits per heavy atom. The van der Waals surface area contributed by atoms with E-state index in [9.17, 15) is 4.79 Å². The zero-order valence-electron chi connectivity index (χ0n) is 15.1. The number of ether oxygens (including phenoxy) is 2. The van der Waals surface area contributed by atoms with Crippen LogP contribution in [0.4, 0.5) is 0 Å². The second-order valence-electron chi connectivity index (χ2n) is 6.75. The van der Waals surface area contributed by atoms with Crippen molar-refractivity contribution in [2.75, 3.05) is 26.9 Å². The van der Waals surface area contributed by atoms with Crippen LogP contribution in [0.2, 0.25) is 0 Å². The molecule has 25 heavy (non-hydrogen) atoms. The molecule has 1 aromatic heterocycles. The molecule has 2 heterocycles. The summed E-state index contributed by atoms with van der Waals surface area (Å²) in [5.74, 6) is 1.52. The molecule has 1 atom stereocenters. The number of carbonyl (C=O) groups excluding carboxylic acids is 1. The minimum absolute atomic E-state index is 0.0248. The number of methoxy groups -OCH3 is 1. The molecule has 0 spiro atoms. The van der Waals surface area contributed by atoms with Crippen molar-refractivity contribution in [3.05, 3.63) is 29.5 Å². The number of nitrogens with one attached hydrogen (secondary N) is 1. The van der Waals surface area contributed by atoms with Crippen LogP contribution in [0.5, 0.6) is 5.75 Å². The van der Waals surface area contributed by atoms with Gasteiger partial charge in [0, 0.05) is 30.7 Å². The van der Waals surface area contributed by atoms with Gasteiger partial charge in [0.15, 0.2) is 0 Å². The molecule has 6 nitrogen and oxygen atoms in total. The fraction of sp³-hybridized carbons (Fsp3) is 0.526. The molecule has 0 bridgehead atoms. The van der Waals surface area contributed by atoms with Crippen molar-refractivity contribution in [1.29, 1.82) is 0 Å². The van der Waals surface area contributed by atoms with E-state index >= 15 is 0 Å². The predicted octanol–water partition coefficient (Wildman–Crippen LogP) is 2.68. The van der Waals surface area contributed by atoms with Gasteiger partial charge in [-0.3, -0.25) is 4.79 Å². The Balaban J connectivity index is 1.83. The van der Waals surface area contributed by atoms with Crippen molar-refractivity contribution in [3.63, 3.8) is 0 Å². The van der Waals surface area contributed by atoms with Gasteiger partial charge in [-0.2, -0.15) is 0 Å². The highest BCUT2D eigenvalue weighted by molar-refractivity contribution is 5.85. The van der Waals surface area contributed by atoms with Gasteiger partial charge in [-0.15, -0.1) is 0 Å². The first-order valence-corrected chi connectivity index (χ1v) is 8.66. The van der Waals surface area contributed by atoms with Crippen LogP contribution in [0.3, 0.4) is 0 Å². The molecule has 0 radical (unpaired) electrons. The summed E-state index contributed by atoms with van der Waals surface area (Å²) < 4.78 is 16.7. The number of carbonyl (C=O) groups is 1. The fourth-order valence-electron chi connectivity index (χ4n) is 3.46. The third kappa shape index (κ3) is 3.24. The van der Waals surface area contributed by atoms with Crippen LogP contribution < -0.4 is 15.8 Å². The van der Waals surface area contributed by atoms with Crippen molar-refractivity contribution in [3.8, 4) is 5.75 Å². The minimum Gasteiger partial charge on any atom is -0.497 e. The minimum atomic E-state index is -0.546. The smallest absolute Gasteiger partial charge is 0.228 e. The summed E-state index contributed by atoms with van der Waals surface area (Å²) in [6, 6.07) is 5.46. The second-order valence-corrected chi connectivity index (χ2v) is 6.75. The monoisotopic (exact) mass is 346 g/mol. The molecule has 6 heteroatoms. The molecule has 0 aliphatic carbocycles. The lowest BCUT2D eigenvalue weighted by molar-refractivity contribution is -0.136. The molecule has 1 amide bonds. The standard InChI is InChI=1S/C19H26N2O4/c1-12-15-10-14(23-3)4-5-16(15)25-17(12)13(2)21-18(22)19(11-20)6-8-24-9-7-19/h4-5,10,13H,6-9,11,20H2,1-3H3,(H,21,22). The number of nitrogens with two attached hydrogens (primary N) is 1. The number of furan rings is 1. The molecule has 2 aromatic rings. The number of amides is 1. The van der Waals surface area contributed by atoms with Crippen LogP contribution in [0, 0.1) is 12.3 Å². The Bertz CT molecular complexity index is 762. The average molecular weight is 346 g/mol. The van der Waals surface area contributed by atoms with Gasteiger partial charge < -0.3 is 24.9 Å². The van der Waals surface area contributed by atoms with Gasteiger partial charge in [-0.05, 0) is 44.9 Å². The summed E-state index contributed by atoms with van der Waals surface area (Å²) >= 11 is 0. The molecular weight excluding hydrogens is 320 g/mol. The number of benzene rings is 1. The highest BCUT2D eigenvalue weighted by Crippen LogP contribution is 2.34. The predicted molar refractivity (Wildman–Crippen MR) is 95.6 cm³/mol. The van der Waals surface area contributed by atoms with E-state index in [1.807, 2.05) is 32.0 Å². The summed E-state index contributed by atoms with van der Waals surface area (Å²) in [5.41, 5.74) is 7.17. The second kappa shape index (κ2) is 7.06. The molecule has 136 valence electrons. The third-order valence-electron chi connectivity index (χ3n) is 5.24. The molecule has 1 aromatic carbocycles. The number of hydrogen-bond donors (Lipinski definition) is 2. The number of fused-ring (bicyclic) bond motifs is 1. The number of aryl methyl sites for hydroxylation is 1. The van der Waals surface area contributed by atoms with E-state index in [1.54, 1.807) is 7.11 Å². The van der Waals surface area contributed by atoms with Crippen molar-refractivity contribution in [1.82, 2.24) is 5.32 Å². The van der Waals surface area contributed by atoms with Gasteiger partial charge in [-0.1, -0.05) is 0 Å². The summed E-state index contributed by atoms with van der Waals surface area (Å²) in [6.07, 6.45) is 1.30. The summed E-state index contributed by atoms with van der Waals surface area (Å²) in [7, 11) is 1.64. The Kier molecular flexibility index (Phi) is 5.01. The van der Waals surface area contributed by atoms with Gasteiger partial charge in [0.2, 0.25) is 5.91 Å². The zero-order valence-corrected chi connectivity index (χ0v) is 15.1. The van der Waals surface area contributed by atoms with Gasteiger partial charge in [0.05, 0.1) is 18.6 Å². The maximum absolute atomic E-state index is 12.9. The van der Waals surface area contributed by atoms with Gasteiger partial charge in [-0.25, -0.2) is 0 Å². The van der Waals surface area contributed by atoms with Gasteiger partial charge in [0.1, 0.15) is 17.1 Å². The lowest BCUT2D eigenvalue weighted by Crippen LogP contribution is -2.49. The van der Waals surface area contributed by atoms with Gasteiger partial charge in [0.25, 0.3) is 0 Å². The van der Waals surface area contributed by atoms with Crippen molar-refractivity contribution >= 4 is 16.9 Å². The quantitative estimate of drug-likeness (QED) is 0.869. The highest BCUT2D eigenvalue weighted by Gasteiger charge is 2.39. The molecule has 1 saturated heterocycles. The van der Waals surface area contributed by atoms with Crippen LogP contribution in [0.1, 0.15) is 37.1 Å². The first-order chi connectivity index (χ1) is 12.0. The van der Waals surface area contributed by atoms with Crippen molar-refractivity contribution in [2.24, 2.45) is 11.1 Å². The summed E-state index contributed by atoms with van der Waals surface area (Å²) in [5, 5.41) is 4.08. The molecule has 3 N–H and O–H groups in total. The van der Waals surface area contributed by atoms with Crippen LogP contribution in [0.15, 0.2) is 22.6 Å². The van der Waals surface area contributed by atoms with Gasteiger partial charge >= 0.3 is 0 Å². The Labute approximate surface area is 147 Å². The topological polar surface area (TPSA) is 86.7 Å². The summed E-state index contributed by atoms with van der Waals surface area (Å²) in [6.45, 7) is 5.40. The molecule has 0 saturated carbocycles. The number of rotatable bonds is 5. The zero-order chi connectivity index (χ0) is 18.0. The Morgan fingerprint density at radius 2 is 2.12 bits per heavy atom. The lowest BCUT2D eigenvalue weighted by Gasteiger charge is -2.35. The first kappa shape index (κ1) is 17.8. The Hall–Kier alpha value is -2.05.